The number of hydrogen-bond donors (Lipinski definition) is 1. The molecule has 0 amide bonds. The molecule has 0 fully saturated rings. The summed E-state index contributed by atoms with van der Waals surface area (Å²) in [7, 11) is 1.41. The Labute approximate surface area is 102 Å². The van der Waals surface area contributed by atoms with Crippen molar-refractivity contribution in [1.82, 2.24) is 0 Å². The minimum absolute atomic E-state index is 0.0577. The molecule has 0 aromatic heterocycles. The molecule has 80 valence electrons. The number of ether oxygens (including phenoxy) is 1. The third-order valence-electron chi connectivity index (χ3n) is 1.48. The number of aliphatic carboxylic acids is 1. The van der Waals surface area contributed by atoms with Crippen LogP contribution >= 0.6 is 34.2 Å². The first-order chi connectivity index (χ1) is 6.58. The molecule has 0 unspecified atom stereocenters. The third-order valence-corrected chi connectivity index (χ3v) is 2.71. The first-order valence-corrected chi connectivity index (χ1v) is 5.62. The number of methoxy groups -OCH3 is 1. The Morgan fingerprint density at radius 3 is 2.50 bits per heavy atom. The summed E-state index contributed by atoms with van der Waals surface area (Å²) in [6.07, 6.45) is 2.59. The fraction of sp³-hybridized carbons (Fsp3) is 0.444. The minimum Gasteiger partial charge on any atom is -0.499 e. The van der Waals surface area contributed by atoms with Crippen molar-refractivity contribution in [3.05, 3.63) is 21.0 Å². The van der Waals surface area contributed by atoms with Gasteiger partial charge < -0.3 is 9.84 Å². The molecular weight excluding hydrogens is 318 g/mol. The summed E-state index contributed by atoms with van der Waals surface area (Å²) < 4.78 is 5.56. The van der Waals surface area contributed by atoms with Crippen LogP contribution in [0.1, 0.15) is 13.3 Å². The highest BCUT2D eigenvalue weighted by Gasteiger charge is 2.17. The molecule has 14 heavy (non-hydrogen) atoms. The van der Waals surface area contributed by atoms with Crippen molar-refractivity contribution in [2.45, 2.75) is 13.3 Å². The van der Waals surface area contributed by atoms with E-state index in [9.17, 15) is 4.79 Å². The van der Waals surface area contributed by atoms with Crippen molar-refractivity contribution in [2.75, 3.05) is 13.0 Å². The van der Waals surface area contributed by atoms with Crippen molar-refractivity contribution in [3.8, 4) is 0 Å². The molecule has 3 nitrogen and oxygen atoms in total. The molecule has 0 aromatic carbocycles. The van der Waals surface area contributed by atoms with Crippen molar-refractivity contribution in [3.63, 3.8) is 0 Å². The van der Waals surface area contributed by atoms with Gasteiger partial charge in [-0.3, -0.25) is 0 Å². The molecule has 0 heterocycles. The zero-order valence-electron chi connectivity index (χ0n) is 8.01. The van der Waals surface area contributed by atoms with Gasteiger partial charge in [0.25, 0.3) is 0 Å². The molecule has 0 aromatic rings. The van der Waals surface area contributed by atoms with Crippen molar-refractivity contribution < 1.29 is 14.6 Å². The largest absolute Gasteiger partial charge is 0.499 e. The predicted molar refractivity (Wildman–Crippen MR) is 64.8 cm³/mol. The first kappa shape index (κ1) is 13.8. The number of carboxylic acids is 1. The lowest BCUT2D eigenvalue weighted by Crippen LogP contribution is -2.07. The predicted octanol–water partition coefficient (Wildman–Crippen LogP) is 2.94. The van der Waals surface area contributed by atoms with Crippen molar-refractivity contribution in [1.29, 1.82) is 0 Å². The van der Waals surface area contributed by atoms with E-state index in [1.807, 2.05) is 35.6 Å². The third kappa shape index (κ3) is 3.88. The maximum absolute atomic E-state index is 10.9. The van der Waals surface area contributed by atoms with Gasteiger partial charge in [0.15, 0.2) is 0 Å². The maximum atomic E-state index is 10.9. The summed E-state index contributed by atoms with van der Waals surface area (Å²) >= 11 is 7.54. The highest BCUT2D eigenvalue weighted by atomic mass is 127. The standard InChI is InChI=1S/C9H12ClIO3/c1-3-4-6(11)8(9(12)13)7(5-10)14-2/h4H,3,5H2,1-2H3,(H,12,13)/b6-4+,8-7-. The summed E-state index contributed by atoms with van der Waals surface area (Å²) in [6.45, 7) is 1.94. The van der Waals surface area contributed by atoms with Gasteiger partial charge in [0.2, 0.25) is 0 Å². The van der Waals surface area contributed by atoms with Gasteiger partial charge in [-0.15, -0.1) is 11.6 Å². The Kier molecular flexibility index (Phi) is 7.00. The van der Waals surface area contributed by atoms with Crippen molar-refractivity contribution >= 4 is 40.2 Å². The average Bonchev–Trinajstić information content (AvgIpc) is 2.13. The normalized spacial score (nSPS) is 13.6. The summed E-state index contributed by atoms with van der Waals surface area (Å²) in [5.41, 5.74) is 0.143. The van der Waals surface area contributed by atoms with Gasteiger partial charge in [-0.1, -0.05) is 13.0 Å². The minimum atomic E-state index is -1.02. The number of carbonyl (C=O) groups is 1. The van der Waals surface area contributed by atoms with Crippen LogP contribution in [0, 0.1) is 0 Å². The second-order valence-electron chi connectivity index (χ2n) is 2.40. The Hall–Kier alpha value is -0.230. The molecule has 0 saturated carbocycles. The van der Waals surface area contributed by atoms with E-state index in [0.29, 0.717) is 3.58 Å². The molecule has 5 heteroatoms. The monoisotopic (exact) mass is 330 g/mol. The molecule has 1 N–H and O–H groups in total. The summed E-state index contributed by atoms with van der Waals surface area (Å²) in [4.78, 5) is 10.9. The smallest absolute Gasteiger partial charge is 0.340 e. The Balaban J connectivity index is 5.22. The van der Waals surface area contributed by atoms with Crippen LogP contribution < -0.4 is 0 Å². The lowest BCUT2D eigenvalue weighted by molar-refractivity contribution is -0.132. The van der Waals surface area contributed by atoms with Crippen LogP contribution in [0.25, 0.3) is 0 Å². The zero-order valence-corrected chi connectivity index (χ0v) is 10.9. The SMILES string of the molecule is CC/C=C(I)\C(C(=O)O)=C(/CCl)OC. The summed E-state index contributed by atoms with van der Waals surface area (Å²) in [5, 5.41) is 8.96. The molecule has 0 saturated heterocycles. The topological polar surface area (TPSA) is 46.5 Å². The van der Waals surface area contributed by atoms with Gasteiger partial charge in [-0.05, 0) is 29.0 Å². The van der Waals surface area contributed by atoms with E-state index < -0.39 is 5.97 Å². The highest BCUT2D eigenvalue weighted by Crippen LogP contribution is 2.23. The van der Waals surface area contributed by atoms with Crippen LogP contribution in [0.4, 0.5) is 0 Å². The fourth-order valence-corrected chi connectivity index (χ4v) is 2.07. The lowest BCUT2D eigenvalue weighted by atomic mass is 10.2. The van der Waals surface area contributed by atoms with Crippen LogP contribution in [0.15, 0.2) is 21.0 Å². The molecule has 0 aliphatic rings. The molecule has 0 radical (unpaired) electrons. The van der Waals surface area contributed by atoms with E-state index in [1.54, 1.807) is 0 Å². The molecule has 0 rings (SSSR count). The van der Waals surface area contributed by atoms with Crippen LogP contribution in [0.5, 0.6) is 0 Å². The van der Waals surface area contributed by atoms with Crippen molar-refractivity contribution in [2.24, 2.45) is 0 Å². The number of halogens is 2. The van der Waals surface area contributed by atoms with E-state index in [1.165, 1.54) is 7.11 Å². The number of hydrogen-bond acceptors (Lipinski definition) is 2. The van der Waals surface area contributed by atoms with Gasteiger partial charge in [0.1, 0.15) is 11.3 Å². The number of alkyl halides is 1. The van der Waals surface area contributed by atoms with Gasteiger partial charge in [-0.25, -0.2) is 4.79 Å². The van der Waals surface area contributed by atoms with Crippen LogP contribution in [0.3, 0.4) is 0 Å². The second-order valence-corrected chi connectivity index (χ2v) is 3.83. The van der Waals surface area contributed by atoms with Gasteiger partial charge >= 0.3 is 5.97 Å². The highest BCUT2D eigenvalue weighted by molar-refractivity contribution is 14.1. The Morgan fingerprint density at radius 1 is 1.64 bits per heavy atom. The molecular formula is C9H12ClIO3. The van der Waals surface area contributed by atoms with Crippen LogP contribution in [-0.2, 0) is 9.53 Å². The van der Waals surface area contributed by atoms with Crippen LogP contribution in [-0.4, -0.2) is 24.1 Å². The van der Waals surface area contributed by atoms with Gasteiger partial charge in [-0.2, -0.15) is 0 Å². The van der Waals surface area contributed by atoms with Gasteiger partial charge in [0.05, 0.1) is 13.0 Å². The summed E-state index contributed by atoms with van der Waals surface area (Å²) in [5.74, 6) is -0.674. The van der Waals surface area contributed by atoms with Crippen LogP contribution in [0.2, 0.25) is 0 Å². The molecule has 0 bridgehead atoms. The fourth-order valence-electron chi connectivity index (χ4n) is 0.859. The number of rotatable bonds is 5. The van der Waals surface area contributed by atoms with E-state index >= 15 is 0 Å². The molecule has 0 aliphatic carbocycles. The first-order valence-electron chi connectivity index (χ1n) is 4.00. The number of carboxylic acid groups (broad SMARTS) is 1. The van der Waals surface area contributed by atoms with E-state index in [-0.39, 0.29) is 17.2 Å². The Morgan fingerprint density at radius 2 is 2.21 bits per heavy atom. The molecule has 0 spiro atoms. The molecule has 0 aliphatic heterocycles. The zero-order chi connectivity index (χ0) is 11.1. The lowest BCUT2D eigenvalue weighted by Gasteiger charge is -2.07. The van der Waals surface area contributed by atoms with Gasteiger partial charge in [0, 0.05) is 3.58 Å². The van der Waals surface area contributed by atoms with E-state index in [4.69, 9.17) is 21.4 Å². The summed E-state index contributed by atoms with van der Waals surface area (Å²) in [6, 6.07) is 0. The van der Waals surface area contributed by atoms with E-state index in [0.717, 1.165) is 6.42 Å². The second kappa shape index (κ2) is 7.11. The van der Waals surface area contributed by atoms with E-state index in [2.05, 4.69) is 0 Å². The Bertz CT molecular complexity index is 265. The average molecular weight is 331 g/mol. The molecule has 0 atom stereocenters. The maximum Gasteiger partial charge on any atom is 0.340 e. The number of allylic oxidation sites excluding steroid dienone is 2. The quantitative estimate of drug-likeness (QED) is 0.277.